The summed E-state index contributed by atoms with van der Waals surface area (Å²) < 4.78 is 0.789. The lowest BCUT2D eigenvalue weighted by molar-refractivity contribution is -0.927. The summed E-state index contributed by atoms with van der Waals surface area (Å²) in [7, 11) is 4.38. The lowest BCUT2D eigenvalue weighted by atomic mass is 10.1. The number of anilines is 1. The lowest BCUT2D eigenvalue weighted by Gasteiger charge is -2.40. The Morgan fingerprint density at radius 2 is 1.95 bits per heavy atom. The molecule has 0 aromatic heterocycles. The molecular formula is C17H27N2O+. The standard InChI is InChI=1S/C17H26N2O/c1-13-8-7-9-15(12-13)18-17(20)14(2)19(3,4)16-10-5-6-11-16/h7-9,12,14,16H,5-6,10-11H2,1-4H3/p+1/t14-/m0/s1. The molecule has 1 atom stereocenters. The highest BCUT2D eigenvalue weighted by molar-refractivity contribution is 5.93. The number of carbonyl (C=O) groups excluding carboxylic acids is 1. The maximum atomic E-state index is 12.5. The van der Waals surface area contributed by atoms with Gasteiger partial charge in [0.2, 0.25) is 0 Å². The molecule has 110 valence electrons. The van der Waals surface area contributed by atoms with Gasteiger partial charge in [0.05, 0.1) is 20.1 Å². The van der Waals surface area contributed by atoms with Crippen molar-refractivity contribution in [2.45, 2.75) is 51.6 Å². The third-order valence-corrected chi connectivity index (χ3v) is 4.93. The highest BCUT2D eigenvalue weighted by atomic mass is 16.2. The van der Waals surface area contributed by atoms with Crippen LogP contribution in [0.3, 0.4) is 0 Å². The van der Waals surface area contributed by atoms with Gasteiger partial charge in [0, 0.05) is 5.69 Å². The van der Waals surface area contributed by atoms with Crippen LogP contribution in [0.5, 0.6) is 0 Å². The van der Waals surface area contributed by atoms with Crippen LogP contribution in [0.25, 0.3) is 0 Å². The molecule has 3 nitrogen and oxygen atoms in total. The predicted molar refractivity (Wildman–Crippen MR) is 83.6 cm³/mol. The van der Waals surface area contributed by atoms with Gasteiger partial charge < -0.3 is 9.80 Å². The molecule has 1 fully saturated rings. The van der Waals surface area contributed by atoms with Crippen molar-refractivity contribution in [1.29, 1.82) is 0 Å². The average molecular weight is 275 g/mol. The number of hydrogen-bond acceptors (Lipinski definition) is 1. The summed E-state index contributed by atoms with van der Waals surface area (Å²) in [6.07, 6.45) is 5.10. The molecule has 0 aliphatic heterocycles. The second-order valence-corrected chi connectivity index (χ2v) is 6.60. The highest BCUT2D eigenvalue weighted by Gasteiger charge is 2.39. The Bertz CT molecular complexity index is 476. The van der Waals surface area contributed by atoms with Gasteiger partial charge in [-0.25, -0.2) is 0 Å². The zero-order valence-corrected chi connectivity index (χ0v) is 13.1. The lowest BCUT2D eigenvalue weighted by Crippen LogP contribution is -2.57. The Morgan fingerprint density at radius 1 is 1.30 bits per heavy atom. The predicted octanol–water partition coefficient (Wildman–Crippen LogP) is 3.34. The summed E-state index contributed by atoms with van der Waals surface area (Å²) in [6, 6.07) is 8.57. The van der Waals surface area contributed by atoms with Crippen LogP contribution in [0.1, 0.15) is 38.2 Å². The first-order valence-electron chi connectivity index (χ1n) is 7.62. The van der Waals surface area contributed by atoms with E-state index < -0.39 is 0 Å². The Hall–Kier alpha value is -1.35. The van der Waals surface area contributed by atoms with Crippen molar-refractivity contribution in [3.8, 4) is 0 Å². The molecular weight excluding hydrogens is 248 g/mol. The molecule has 20 heavy (non-hydrogen) atoms. The van der Waals surface area contributed by atoms with Crippen molar-refractivity contribution in [2.75, 3.05) is 19.4 Å². The molecule has 1 aliphatic carbocycles. The van der Waals surface area contributed by atoms with Gasteiger partial charge in [0.15, 0.2) is 6.04 Å². The van der Waals surface area contributed by atoms with Gasteiger partial charge >= 0.3 is 0 Å². The molecule has 1 saturated carbocycles. The molecule has 1 amide bonds. The van der Waals surface area contributed by atoms with E-state index in [1.54, 1.807) is 0 Å². The van der Waals surface area contributed by atoms with E-state index in [1.807, 2.05) is 38.1 Å². The first kappa shape index (κ1) is 15.0. The summed E-state index contributed by atoms with van der Waals surface area (Å²) in [5, 5.41) is 3.06. The van der Waals surface area contributed by atoms with Crippen LogP contribution in [0, 0.1) is 6.92 Å². The topological polar surface area (TPSA) is 29.1 Å². The van der Waals surface area contributed by atoms with Gasteiger partial charge in [-0.2, -0.15) is 0 Å². The maximum Gasteiger partial charge on any atom is 0.282 e. The zero-order valence-electron chi connectivity index (χ0n) is 13.1. The molecule has 1 aromatic rings. The first-order chi connectivity index (χ1) is 9.41. The highest BCUT2D eigenvalue weighted by Crippen LogP contribution is 2.29. The Balaban J connectivity index is 2.04. The molecule has 0 heterocycles. The van der Waals surface area contributed by atoms with Crippen molar-refractivity contribution < 1.29 is 9.28 Å². The number of likely N-dealkylation sites (N-methyl/N-ethyl adjacent to an activating group) is 1. The van der Waals surface area contributed by atoms with Gasteiger partial charge in [-0.3, -0.25) is 4.79 Å². The molecule has 1 aromatic carbocycles. The van der Waals surface area contributed by atoms with Crippen LogP contribution in [-0.4, -0.2) is 36.6 Å². The van der Waals surface area contributed by atoms with Crippen molar-refractivity contribution in [2.24, 2.45) is 0 Å². The second kappa shape index (κ2) is 5.96. The SMILES string of the molecule is Cc1cccc(NC(=O)[C@H](C)[N+](C)(C)C2CCCC2)c1. The fraction of sp³-hybridized carbons (Fsp3) is 0.588. The summed E-state index contributed by atoms with van der Waals surface area (Å²) in [5.41, 5.74) is 2.06. The number of hydrogen-bond donors (Lipinski definition) is 1. The number of carbonyl (C=O) groups is 1. The minimum absolute atomic E-state index is 0.0291. The fourth-order valence-corrected chi connectivity index (χ4v) is 3.16. The quantitative estimate of drug-likeness (QED) is 0.839. The van der Waals surface area contributed by atoms with Gasteiger partial charge in [-0.1, -0.05) is 12.1 Å². The Labute approximate surface area is 122 Å². The van der Waals surface area contributed by atoms with Gasteiger partial charge in [-0.15, -0.1) is 0 Å². The number of nitrogens with zero attached hydrogens (tertiary/aromatic N) is 1. The van der Waals surface area contributed by atoms with Crippen LogP contribution in [0.4, 0.5) is 5.69 Å². The molecule has 0 saturated heterocycles. The van der Waals surface area contributed by atoms with E-state index in [9.17, 15) is 4.79 Å². The van der Waals surface area contributed by atoms with Crippen molar-refractivity contribution in [3.05, 3.63) is 29.8 Å². The number of quaternary nitrogens is 1. The number of amides is 1. The van der Waals surface area contributed by atoms with Crippen molar-refractivity contribution in [1.82, 2.24) is 0 Å². The van der Waals surface area contributed by atoms with Crippen LogP contribution >= 0.6 is 0 Å². The van der Waals surface area contributed by atoms with E-state index in [2.05, 4.69) is 19.4 Å². The Morgan fingerprint density at radius 3 is 2.55 bits per heavy atom. The minimum atomic E-state index is -0.0291. The average Bonchev–Trinajstić information content (AvgIpc) is 2.92. The van der Waals surface area contributed by atoms with E-state index in [-0.39, 0.29) is 11.9 Å². The summed E-state index contributed by atoms with van der Waals surface area (Å²) in [6.45, 7) is 4.08. The molecule has 0 radical (unpaired) electrons. The number of aryl methyl sites for hydroxylation is 1. The van der Waals surface area contributed by atoms with Gasteiger partial charge in [0.25, 0.3) is 5.91 Å². The molecule has 3 heteroatoms. The van der Waals surface area contributed by atoms with Crippen LogP contribution in [0.2, 0.25) is 0 Å². The smallest absolute Gasteiger partial charge is 0.282 e. The fourth-order valence-electron chi connectivity index (χ4n) is 3.16. The number of benzene rings is 1. The van der Waals surface area contributed by atoms with E-state index in [1.165, 1.54) is 31.2 Å². The second-order valence-electron chi connectivity index (χ2n) is 6.60. The largest absolute Gasteiger partial charge is 0.321 e. The molecule has 0 unspecified atom stereocenters. The van der Waals surface area contributed by atoms with E-state index >= 15 is 0 Å². The molecule has 1 N–H and O–H groups in total. The normalized spacial score (nSPS) is 18.0. The van der Waals surface area contributed by atoms with E-state index in [0.29, 0.717) is 6.04 Å². The van der Waals surface area contributed by atoms with E-state index in [4.69, 9.17) is 0 Å². The van der Waals surface area contributed by atoms with Crippen LogP contribution in [0.15, 0.2) is 24.3 Å². The number of rotatable bonds is 4. The van der Waals surface area contributed by atoms with Gasteiger partial charge in [0.1, 0.15) is 0 Å². The van der Waals surface area contributed by atoms with Gasteiger partial charge in [-0.05, 0) is 57.2 Å². The van der Waals surface area contributed by atoms with Crippen LogP contribution < -0.4 is 5.32 Å². The van der Waals surface area contributed by atoms with Crippen molar-refractivity contribution >= 4 is 11.6 Å². The monoisotopic (exact) mass is 275 g/mol. The molecule has 2 rings (SSSR count). The molecule has 0 bridgehead atoms. The maximum absolute atomic E-state index is 12.5. The third kappa shape index (κ3) is 3.21. The molecule has 1 aliphatic rings. The first-order valence-corrected chi connectivity index (χ1v) is 7.62. The summed E-state index contributed by atoms with van der Waals surface area (Å²) in [4.78, 5) is 12.5. The zero-order chi connectivity index (χ0) is 14.8. The minimum Gasteiger partial charge on any atom is -0.321 e. The third-order valence-electron chi connectivity index (χ3n) is 4.93. The number of nitrogens with one attached hydrogen (secondary N) is 1. The van der Waals surface area contributed by atoms with E-state index in [0.717, 1.165) is 10.2 Å². The van der Waals surface area contributed by atoms with Crippen molar-refractivity contribution in [3.63, 3.8) is 0 Å². The molecule has 0 spiro atoms. The Kier molecular flexibility index (Phi) is 4.48. The summed E-state index contributed by atoms with van der Waals surface area (Å²) in [5.74, 6) is 0.118. The van der Waals surface area contributed by atoms with Crippen LogP contribution in [-0.2, 0) is 4.79 Å². The summed E-state index contributed by atoms with van der Waals surface area (Å²) >= 11 is 0.